The topological polar surface area (TPSA) is 57.6 Å². The number of rotatable bonds is 5. The molecule has 0 aliphatic heterocycles. The highest BCUT2D eigenvalue weighted by molar-refractivity contribution is 9.10. The Morgan fingerprint density at radius 3 is 2.68 bits per heavy atom. The molecule has 0 unspecified atom stereocenters. The number of carboxylic acids is 1. The summed E-state index contributed by atoms with van der Waals surface area (Å²) in [4.78, 5) is 24.3. The van der Waals surface area contributed by atoms with E-state index in [1.807, 2.05) is 0 Å². The van der Waals surface area contributed by atoms with Crippen LogP contribution < -0.4 is 0 Å². The quantitative estimate of drug-likeness (QED) is 0.903. The van der Waals surface area contributed by atoms with Gasteiger partial charge in [0, 0.05) is 12.6 Å². The van der Waals surface area contributed by atoms with Crippen LogP contribution in [0.25, 0.3) is 0 Å². The zero-order valence-electron chi connectivity index (χ0n) is 10.1. The van der Waals surface area contributed by atoms with Crippen LogP contribution in [0.5, 0.6) is 0 Å². The summed E-state index contributed by atoms with van der Waals surface area (Å²) in [6, 6.07) is 4.57. The lowest BCUT2D eigenvalue weighted by Gasteiger charge is -2.22. The van der Waals surface area contributed by atoms with Crippen LogP contribution in [0.4, 0.5) is 4.39 Å². The second-order valence-corrected chi connectivity index (χ2v) is 5.33. The first kappa shape index (κ1) is 14.0. The van der Waals surface area contributed by atoms with Gasteiger partial charge in [-0.1, -0.05) is 6.07 Å². The first-order chi connectivity index (χ1) is 9.00. The molecule has 1 fully saturated rings. The summed E-state index contributed by atoms with van der Waals surface area (Å²) >= 11 is 3.04. The number of hydrogen-bond donors (Lipinski definition) is 1. The SMILES string of the molecule is O=C(O)CCN(C(=O)c1cccc(Br)c1F)C1CC1. The molecule has 1 aliphatic carbocycles. The monoisotopic (exact) mass is 329 g/mol. The lowest BCUT2D eigenvalue weighted by Crippen LogP contribution is -2.35. The first-order valence-corrected chi connectivity index (χ1v) is 6.76. The van der Waals surface area contributed by atoms with Gasteiger partial charge in [-0.05, 0) is 40.9 Å². The number of aliphatic carboxylic acids is 1. The van der Waals surface area contributed by atoms with E-state index in [1.54, 1.807) is 6.07 Å². The van der Waals surface area contributed by atoms with Gasteiger partial charge < -0.3 is 10.0 Å². The summed E-state index contributed by atoms with van der Waals surface area (Å²) in [5.74, 6) is -2.01. The van der Waals surface area contributed by atoms with Crippen LogP contribution >= 0.6 is 15.9 Å². The van der Waals surface area contributed by atoms with Gasteiger partial charge in [-0.15, -0.1) is 0 Å². The van der Waals surface area contributed by atoms with Crippen molar-refractivity contribution in [3.8, 4) is 0 Å². The van der Waals surface area contributed by atoms with Crippen LogP contribution in [0.1, 0.15) is 29.6 Å². The molecule has 6 heteroatoms. The molecule has 0 bridgehead atoms. The third-order valence-electron chi connectivity index (χ3n) is 3.00. The van der Waals surface area contributed by atoms with Crippen molar-refractivity contribution in [3.05, 3.63) is 34.1 Å². The van der Waals surface area contributed by atoms with E-state index in [-0.39, 0.29) is 29.0 Å². The minimum atomic E-state index is -0.965. The Labute approximate surface area is 118 Å². The minimum absolute atomic E-state index is 0.0216. The number of carbonyl (C=O) groups excluding carboxylic acids is 1. The largest absolute Gasteiger partial charge is 0.481 e. The van der Waals surface area contributed by atoms with E-state index in [9.17, 15) is 14.0 Å². The number of halogens is 2. The molecule has 1 amide bonds. The number of benzene rings is 1. The highest BCUT2D eigenvalue weighted by Gasteiger charge is 2.34. The van der Waals surface area contributed by atoms with Crippen molar-refractivity contribution < 1.29 is 19.1 Å². The standard InChI is InChI=1S/C13H13BrFNO3/c14-10-3-1-2-9(12(10)15)13(19)16(8-4-5-8)7-6-11(17)18/h1-3,8H,4-7H2,(H,17,18). The fraction of sp³-hybridized carbons (Fsp3) is 0.385. The Morgan fingerprint density at radius 1 is 1.42 bits per heavy atom. The number of carboxylic acid groups (broad SMARTS) is 1. The molecule has 1 aromatic rings. The van der Waals surface area contributed by atoms with Crippen LogP contribution in [-0.4, -0.2) is 34.5 Å². The molecule has 0 spiro atoms. The Balaban J connectivity index is 2.19. The van der Waals surface area contributed by atoms with Gasteiger partial charge in [-0.3, -0.25) is 9.59 Å². The van der Waals surface area contributed by atoms with E-state index in [0.29, 0.717) is 0 Å². The lowest BCUT2D eigenvalue weighted by atomic mass is 10.1. The number of carbonyl (C=O) groups is 2. The van der Waals surface area contributed by atoms with Crippen LogP contribution in [0.15, 0.2) is 22.7 Å². The molecule has 0 aromatic heterocycles. The van der Waals surface area contributed by atoms with Crippen LogP contribution in [0, 0.1) is 5.82 Å². The molecule has 19 heavy (non-hydrogen) atoms. The smallest absolute Gasteiger partial charge is 0.305 e. The van der Waals surface area contributed by atoms with Gasteiger partial charge in [-0.2, -0.15) is 0 Å². The van der Waals surface area contributed by atoms with Crippen molar-refractivity contribution >= 4 is 27.8 Å². The lowest BCUT2D eigenvalue weighted by molar-refractivity contribution is -0.137. The third kappa shape index (κ3) is 3.32. The van der Waals surface area contributed by atoms with Crippen molar-refractivity contribution in [3.63, 3.8) is 0 Å². The predicted octanol–water partition coefficient (Wildman–Crippen LogP) is 2.67. The van der Waals surface area contributed by atoms with Gasteiger partial charge in [0.25, 0.3) is 5.91 Å². The third-order valence-corrected chi connectivity index (χ3v) is 3.61. The Morgan fingerprint density at radius 2 is 2.11 bits per heavy atom. The minimum Gasteiger partial charge on any atom is -0.481 e. The maximum atomic E-state index is 13.9. The fourth-order valence-electron chi connectivity index (χ4n) is 1.88. The number of amides is 1. The molecule has 102 valence electrons. The molecule has 4 nitrogen and oxygen atoms in total. The summed E-state index contributed by atoms with van der Waals surface area (Å²) in [5.41, 5.74) is -0.0216. The van der Waals surface area contributed by atoms with E-state index < -0.39 is 17.7 Å². The van der Waals surface area contributed by atoms with E-state index in [0.717, 1.165) is 12.8 Å². The zero-order valence-corrected chi connectivity index (χ0v) is 11.7. The number of nitrogens with zero attached hydrogens (tertiary/aromatic N) is 1. The maximum Gasteiger partial charge on any atom is 0.305 e. The van der Waals surface area contributed by atoms with Crippen molar-refractivity contribution in [1.82, 2.24) is 4.90 Å². The first-order valence-electron chi connectivity index (χ1n) is 5.97. The highest BCUT2D eigenvalue weighted by atomic mass is 79.9. The van der Waals surface area contributed by atoms with E-state index >= 15 is 0 Å². The summed E-state index contributed by atoms with van der Waals surface area (Å²) in [6.45, 7) is 0.116. The fourth-order valence-corrected chi connectivity index (χ4v) is 2.24. The number of hydrogen-bond acceptors (Lipinski definition) is 2. The molecule has 1 aliphatic rings. The molecule has 0 saturated heterocycles. The van der Waals surface area contributed by atoms with Crippen LogP contribution in [0.2, 0.25) is 0 Å². The summed E-state index contributed by atoms with van der Waals surface area (Å²) in [5, 5.41) is 8.70. The average Bonchev–Trinajstić information content (AvgIpc) is 3.17. The molecule has 0 atom stereocenters. The molecule has 1 aromatic carbocycles. The van der Waals surface area contributed by atoms with Crippen molar-refractivity contribution in [2.24, 2.45) is 0 Å². The molecule has 1 N–H and O–H groups in total. The molecular weight excluding hydrogens is 317 g/mol. The highest BCUT2D eigenvalue weighted by Crippen LogP contribution is 2.29. The van der Waals surface area contributed by atoms with E-state index in [2.05, 4.69) is 15.9 Å². The van der Waals surface area contributed by atoms with Gasteiger partial charge in [0.15, 0.2) is 0 Å². The second-order valence-electron chi connectivity index (χ2n) is 4.47. The predicted molar refractivity (Wildman–Crippen MR) is 70.4 cm³/mol. The molecule has 1 saturated carbocycles. The van der Waals surface area contributed by atoms with Crippen LogP contribution in [-0.2, 0) is 4.79 Å². The summed E-state index contributed by atoms with van der Waals surface area (Å²) in [7, 11) is 0. The summed E-state index contributed by atoms with van der Waals surface area (Å²) in [6.07, 6.45) is 1.57. The molecule has 2 rings (SSSR count). The van der Waals surface area contributed by atoms with Crippen LogP contribution in [0.3, 0.4) is 0 Å². The molecule has 0 heterocycles. The second kappa shape index (κ2) is 5.69. The Kier molecular flexibility index (Phi) is 4.19. The maximum absolute atomic E-state index is 13.9. The van der Waals surface area contributed by atoms with E-state index in [4.69, 9.17) is 5.11 Å². The van der Waals surface area contributed by atoms with Gasteiger partial charge in [0.2, 0.25) is 0 Å². The van der Waals surface area contributed by atoms with E-state index in [1.165, 1.54) is 17.0 Å². The van der Waals surface area contributed by atoms with Gasteiger partial charge >= 0.3 is 5.97 Å². The average molecular weight is 330 g/mol. The molecular formula is C13H13BrFNO3. The zero-order chi connectivity index (χ0) is 14.0. The molecule has 0 radical (unpaired) electrons. The van der Waals surface area contributed by atoms with Crippen molar-refractivity contribution in [2.75, 3.05) is 6.54 Å². The Hall–Kier alpha value is -1.43. The van der Waals surface area contributed by atoms with Crippen molar-refractivity contribution in [1.29, 1.82) is 0 Å². The van der Waals surface area contributed by atoms with Gasteiger partial charge in [0.05, 0.1) is 16.5 Å². The Bertz CT molecular complexity index is 517. The normalized spacial score (nSPS) is 14.2. The summed E-state index contributed by atoms with van der Waals surface area (Å²) < 4.78 is 14.1. The van der Waals surface area contributed by atoms with Crippen molar-refractivity contribution in [2.45, 2.75) is 25.3 Å². The van der Waals surface area contributed by atoms with Gasteiger partial charge in [-0.25, -0.2) is 4.39 Å². The van der Waals surface area contributed by atoms with Gasteiger partial charge in [0.1, 0.15) is 5.82 Å².